The number of hydrogen-bond acceptors (Lipinski definition) is 10. The Kier molecular flexibility index (Phi) is 9.03. The standard InChI is InChI=1S/C28H30N4O6S/c1-5-7-16-38-26(34)19-8-12-20(13-9-19)30-31-24-25(33)32-23(18-10-14-21(36-4)15-11-18)22(27(35)37-6-2)17(3)29-28(32)39-24/h8-15,23,30H,5-7,16H2,1-4H3/t23-/m1/s1. The third-order valence-corrected chi connectivity index (χ3v) is 6.98. The van der Waals surface area contributed by atoms with E-state index in [1.54, 1.807) is 69.5 Å². The number of anilines is 1. The van der Waals surface area contributed by atoms with Gasteiger partial charge in [0, 0.05) is 0 Å². The van der Waals surface area contributed by atoms with Crippen LogP contribution in [0.5, 0.6) is 5.75 Å². The van der Waals surface area contributed by atoms with E-state index in [9.17, 15) is 14.4 Å². The minimum Gasteiger partial charge on any atom is -0.497 e. The molecule has 0 aromatic heterocycles. The van der Waals surface area contributed by atoms with Gasteiger partial charge < -0.3 is 14.2 Å². The van der Waals surface area contributed by atoms with E-state index in [1.165, 1.54) is 4.90 Å². The van der Waals surface area contributed by atoms with Crippen LogP contribution in [0.1, 0.15) is 55.6 Å². The molecule has 11 heteroatoms. The van der Waals surface area contributed by atoms with E-state index in [0.717, 1.165) is 24.6 Å². The SMILES string of the molecule is CCCCOC(=O)c1ccc(NN=C2SC3=NC(C)=C(C(=O)OCC)[C@@H](c4ccc(OC)cc4)N3C2=O)cc1. The van der Waals surface area contributed by atoms with Gasteiger partial charge in [-0.1, -0.05) is 25.5 Å². The van der Waals surface area contributed by atoms with Crippen LogP contribution < -0.4 is 10.2 Å². The molecule has 2 aromatic rings. The predicted molar refractivity (Wildman–Crippen MR) is 150 cm³/mol. The maximum atomic E-state index is 13.6. The maximum Gasteiger partial charge on any atom is 0.338 e. The highest BCUT2D eigenvalue weighted by Gasteiger charge is 2.46. The van der Waals surface area contributed by atoms with Gasteiger partial charge in [0.1, 0.15) is 5.75 Å². The van der Waals surface area contributed by atoms with Gasteiger partial charge in [0.2, 0.25) is 0 Å². The van der Waals surface area contributed by atoms with Crippen molar-refractivity contribution in [2.75, 3.05) is 25.7 Å². The summed E-state index contributed by atoms with van der Waals surface area (Å²) in [7, 11) is 1.57. The van der Waals surface area contributed by atoms with Crippen molar-refractivity contribution in [3.05, 3.63) is 70.9 Å². The summed E-state index contributed by atoms with van der Waals surface area (Å²) in [6.07, 6.45) is 1.75. The minimum atomic E-state index is -0.742. The smallest absolute Gasteiger partial charge is 0.338 e. The quantitative estimate of drug-likeness (QED) is 0.252. The molecule has 10 nitrogen and oxygen atoms in total. The number of thioether (sulfide) groups is 1. The number of esters is 2. The number of unbranched alkanes of at least 4 members (excludes halogenated alkanes) is 1. The summed E-state index contributed by atoms with van der Waals surface area (Å²) < 4.78 is 15.8. The van der Waals surface area contributed by atoms with Crippen LogP contribution >= 0.6 is 11.8 Å². The number of benzene rings is 2. The molecule has 2 aromatic carbocycles. The lowest BCUT2D eigenvalue weighted by Crippen LogP contribution is -2.40. The van der Waals surface area contributed by atoms with Gasteiger partial charge in [-0.15, -0.1) is 0 Å². The lowest BCUT2D eigenvalue weighted by Gasteiger charge is -2.32. The summed E-state index contributed by atoms with van der Waals surface area (Å²) in [5.74, 6) is -0.677. The number of fused-ring (bicyclic) bond motifs is 1. The molecule has 0 unspecified atom stereocenters. The first kappa shape index (κ1) is 27.9. The number of aliphatic imine (C=N–C) groups is 1. The number of nitrogens with zero attached hydrogens (tertiary/aromatic N) is 3. The van der Waals surface area contributed by atoms with E-state index in [2.05, 4.69) is 15.5 Å². The Balaban J connectivity index is 1.57. The summed E-state index contributed by atoms with van der Waals surface area (Å²) in [4.78, 5) is 44.6. The van der Waals surface area contributed by atoms with Crippen LogP contribution in [0.4, 0.5) is 5.69 Å². The Morgan fingerprint density at radius 3 is 2.41 bits per heavy atom. The van der Waals surface area contributed by atoms with Crippen molar-refractivity contribution < 1.29 is 28.6 Å². The second kappa shape index (κ2) is 12.6. The zero-order valence-electron chi connectivity index (χ0n) is 22.2. The van der Waals surface area contributed by atoms with Crippen LogP contribution in [-0.4, -0.2) is 53.3 Å². The third kappa shape index (κ3) is 6.14. The van der Waals surface area contributed by atoms with Gasteiger partial charge in [-0.05, 0) is 74.0 Å². The van der Waals surface area contributed by atoms with Gasteiger partial charge in [-0.3, -0.25) is 15.1 Å². The van der Waals surface area contributed by atoms with Crippen molar-refractivity contribution in [2.45, 2.75) is 39.7 Å². The van der Waals surface area contributed by atoms with Crippen molar-refractivity contribution in [1.82, 2.24) is 4.90 Å². The van der Waals surface area contributed by atoms with Gasteiger partial charge in [0.25, 0.3) is 5.91 Å². The molecule has 2 aliphatic rings. The molecule has 0 saturated carbocycles. The van der Waals surface area contributed by atoms with Crippen LogP contribution in [0.15, 0.2) is 69.9 Å². The Morgan fingerprint density at radius 2 is 1.77 bits per heavy atom. The molecule has 4 rings (SSSR count). The average molecular weight is 551 g/mol. The molecular weight excluding hydrogens is 520 g/mol. The summed E-state index contributed by atoms with van der Waals surface area (Å²) >= 11 is 1.11. The second-order valence-electron chi connectivity index (χ2n) is 8.66. The summed E-state index contributed by atoms with van der Waals surface area (Å²) in [6.45, 7) is 6.05. The normalized spacial score (nSPS) is 17.6. The third-order valence-electron chi connectivity index (χ3n) is 6.05. The fraction of sp³-hybridized carbons (Fsp3) is 0.321. The van der Waals surface area contributed by atoms with E-state index in [-0.39, 0.29) is 23.2 Å². The number of hydrazone groups is 1. The molecule has 2 heterocycles. The van der Waals surface area contributed by atoms with E-state index in [4.69, 9.17) is 14.2 Å². The number of amidine groups is 1. The van der Waals surface area contributed by atoms with Crippen molar-refractivity contribution in [2.24, 2.45) is 10.1 Å². The minimum absolute atomic E-state index is 0.160. The topological polar surface area (TPSA) is 119 Å². The molecule has 0 spiro atoms. The van der Waals surface area contributed by atoms with Crippen LogP contribution in [0, 0.1) is 0 Å². The number of allylic oxidation sites excluding steroid dienone is 1. The van der Waals surface area contributed by atoms with E-state index in [1.807, 2.05) is 6.92 Å². The van der Waals surface area contributed by atoms with Crippen molar-refractivity contribution >= 4 is 45.5 Å². The Bertz CT molecular complexity index is 1330. The number of methoxy groups -OCH3 is 1. The maximum absolute atomic E-state index is 13.6. The molecule has 2 aliphatic heterocycles. The number of carbonyl (C=O) groups is 3. The number of carbonyl (C=O) groups excluding carboxylic acids is 3. The highest BCUT2D eigenvalue weighted by Crippen LogP contribution is 2.42. The lowest BCUT2D eigenvalue weighted by molar-refractivity contribution is -0.139. The van der Waals surface area contributed by atoms with E-state index < -0.39 is 17.9 Å². The van der Waals surface area contributed by atoms with E-state index in [0.29, 0.717) is 40.0 Å². The molecule has 0 bridgehead atoms. The van der Waals surface area contributed by atoms with Gasteiger partial charge in [0.05, 0.1) is 48.9 Å². The highest BCUT2D eigenvalue weighted by atomic mass is 32.2. The molecule has 204 valence electrons. The number of rotatable bonds is 10. The van der Waals surface area contributed by atoms with Gasteiger partial charge in [-0.25, -0.2) is 14.6 Å². The first-order valence-corrected chi connectivity index (χ1v) is 13.4. The van der Waals surface area contributed by atoms with Crippen LogP contribution in [0.25, 0.3) is 0 Å². The average Bonchev–Trinajstić information content (AvgIpc) is 3.26. The predicted octanol–water partition coefficient (Wildman–Crippen LogP) is 4.90. The highest BCUT2D eigenvalue weighted by molar-refractivity contribution is 8.29. The molecular formula is C28H30N4O6S. The lowest BCUT2D eigenvalue weighted by atomic mass is 9.94. The fourth-order valence-corrected chi connectivity index (χ4v) is 4.95. The molecule has 1 atom stereocenters. The number of ether oxygens (including phenoxy) is 3. The molecule has 1 fully saturated rings. The molecule has 1 N–H and O–H groups in total. The fourth-order valence-electron chi connectivity index (χ4n) is 4.03. The summed E-state index contributed by atoms with van der Waals surface area (Å²) in [5.41, 5.74) is 5.34. The summed E-state index contributed by atoms with van der Waals surface area (Å²) in [5, 5.41) is 4.88. The van der Waals surface area contributed by atoms with Gasteiger partial charge in [0.15, 0.2) is 10.2 Å². The van der Waals surface area contributed by atoms with Crippen LogP contribution in [0.2, 0.25) is 0 Å². The number of amides is 1. The van der Waals surface area contributed by atoms with Crippen molar-refractivity contribution in [3.8, 4) is 5.75 Å². The number of nitrogens with one attached hydrogen (secondary N) is 1. The monoisotopic (exact) mass is 550 g/mol. The van der Waals surface area contributed by atoms with Gasteiger partial charge >= 0.3 is 11.9 Å². The summed E-state index contributed by atoms with van der Waals surface area (Å²) in [6, 6.07) is 13.0. The second-order valence-corrected chi connectivity index (χ2v) is 9.62. The molecule has 0 aliphatic carbocycles. The zero-order valence-corrected chi connectivity index (χ0v) is 23.0. The Morgan fingerprint density at radius 1 is 1.05 bits per heavy atom. The molecule has 39 heavy (non-hydrogen) atoms. The van der Waals surface area contributed by atoms with Crippen LogP contribution in [0.3, 0.4) is 0 Å². The largest absolute Gasteiger partial charge is 0.497 e. The van der Waals surface area contributed by atoms with Crippen molar-refractivity contribution in [1.29, 1.82) is 0 Å². The Hall–Kier alpha value is -4.12. The molecule has 1 amide bonds. The zero-order chi connectivity index (χ0) is 27.9. The molecule has 0 radical (unpaired) electrons. The Labute approximate surface area is 231 Å². The van der Waals surface area contributed by atoms with Crippen LogP contribution in [-0.2, 0) is 19.1 Å². The first-order chi connectivity index (χ1) is 18.9. The first-order valence-electron chi connectivity index (χ1n) is 12.6. The van der Waals surface area contributed by atoms with E-state index >= 15 is 0 Å². The van der Waals surface area contributed by atoms with Gasteiger partial charge in [-0.2, -0.15) is 5.10 Å². The molecule has 1 saturated heterocycles. The number of hydrogen-bond donors (Lipinski definition) is 1. The van der Waals surface area contributed by atoms with Crippen molar-refractivity contribution in [3.63, 3.8) is 0 Å².